The fourth-order valence-electron chi connectivity index (χ4n) is 3.36. The van der Waals surface area contributed by atoms with Crippen molar-refractivity contribution in [1.82, 2.24) is 24.3 Å². The van der Waals surface area contributed by atoms with Gasteiger partial charge >= 0.3 is 0 Å². The summed E-state index contributed by atoms with van der Waals surface area (Å²) in [6.45, 7) is 4.20. The third kappa shape index (κ3) is 2.65. The highest BCUT2D eigenvalue weighted by atomic mass is 16.5. The molecule has 0 saturated carbocycles. The smallest absolute Gasteiger partial charge is 0.213 e. The SMILES string of the molecule is COc1cc(-c2nccn2-c2c(N3CCCC3)nn(C)c2C)ccn1. The van der Waals surface area contributed by atoms with Crippen molar-refractivity contribution < 1.29 is 4.74 Å². The molecule has 0 radical (unpaired) electrons. The lowest BCUT2D eigenvalue weighted by Crippen LogP contribution is -2.20. The summed E-state index contributed by atoms with van der Waals surface area (Å²) >= 11 is 0. The van der Waals surface area contributed by atoms with Gasteiger partial charge in [0.05, 0.1) is 12.8 Å². The highest BCUT2D eigenvalue weighted by Gasteiger charge is 2.24. The van der Waals surface area contributed by atoms with Crippen molar-refractivity contribution in [3.05, 3.63) is 36.4 Å². The molecule has 0 atom stereocenters. The first kappa shape index (κ1) is 15.7. The fraction of sp³-hybridized carbons (Fsp3) is 0.389. The van der Waals surface area contributed by atoms with Gasteiger partial charge in [0.1, 0.15) is 11.5 Å². The number of imidazole rings is 1. The van der Waals surface area contributed by atoms with Gasteiger partial charge in [-0.2, -0.15) is 5.10 Å². The van der Waals surface area contributed by atoms with E-state index in [0.29, 0.717) is 5.88 Å². The van der Waals surface area contributed by atoms with Gasteiger partial charge in [0.25, 0.3) is 0 Å². The number of methoxy groups -OCH3 is 1. The van der Waals surface area contributed by atoms with Crippen molar-refractivity contribution in [3.8, 4) is 23.0 Å². The summed E-state index contributed by atoms with van der Waals surface area (Å²) in [5.74, 6) is 2.46. The molecule has 0 amide bonds. The van der Waals surface area contributed by atoms with Gasteiger partial charge < -0.3 is 9.64 Å². The third-order valence-electron chi connectivity index (χ3n) is 4.77. The molecular formula is C18H22N6O. The summed E-state index contributed by atoms with van der Waals surface area (Å²) in [4.78, 5) is 11.1. The van der Waals surface area contributed by atoms with E-state index in [-0.39, 0.29) is 0 Å². The minimum Gasteiger partial charge on any atom is -0.481 e. The average molecular weight is 338 g/mol. The van der Waals surface area contributed by atoms with Crippen LogP contribution in [0.25, 0.3) is 17.1 Å². The molecule has 4 rings (SSSR count). The van der Waals surface area contributed by atoms with E-state index in [1.165, 1.54) is 12.8 Å². The van der Waals surface area contributed by atoms with Crippen molar-refractivity contribution in [2.24, 2.45) is 7.05 Å². The van der Waals surface area contributed by atoms with E-state index in [2.05, 4.69) is 26.4 Å². The molecule has 1 aliphatic rings. The number of anilines is 1. The highest BCUT2D eigenvalue weighted by Crippen LogP contribution is 2.32. The lowest BCUT2D eigenvalue weighted by Gasteiger charge is -2.17. The second-order valence-corrected chi connectivity index (χ2v) is 6.28. The van der Waals surface area contributed by atoms with Crippen LogP contribution in [0, 0.1) is 6.92 Å². The predicted molar refractivity (Wildman–Crippen MR) is 96.3 cm³/mol. The van der Waals surface area contributed by atoms with E-state index in [1.807, 2.05) is 36.3 Å². The number of pyridine rings is 1. The number of aryl methyl sites for hydroxylation is 1. The molecule has 7 nitrogen and oxygen atoms in total. The summed E-state index contributed by atoms with van der Waals surface area (Å²) < 4.78 is 9.32. The van der Waals surface area contributed by atoms with Crippen molar-refractivity contribution in [2.45, 2.75) is 19.8 Å². The number of aromatic nitrogens is 5. The molecule has 130 valence electrons. The van der Waals surface area contributed by atoms with Gasteiger partial charge in [0, 0.05) is 50.4 Å². The van der Waals surface area contributed by atoms with Crippen molar-refractivity contribution >= 4 is 5.82 Å². The molecule has 0 aliphatic carbocycles. The number of nitrogens with zero attached hydrogens (tertiary/aromatic N) is 6. The maximum Gasteiger partial charge on any atom is 0.213 e. The lowest BCUT2D eigenvalue weighted by molar-refractivity contribution is 0.398. The molecule has 0 unspecified atom stereocenters. The van der Waals surface area contributed by atoms with Crippen LogP contribution < -0.4 is 9.64 Å². The Labute approximate surface area is 146 Å². The monoisotopic (exact) mass is 338 g/mol. The standard InChI is InChI=1S/C18H22N6O/c1-13-16(18(21-22(13)2)23-9-4-5-10-23)24-11-8-20-17(24)14-6-7-19-15(12-14)25-3/h6-8,11-12H,4-5,9-10H2,1-3H3. The van der Waals surface area contributed by atoms with Gasteiger partial charge in [-0.15, -0.1) is 0 Å². The van der Waals surface area contributed by atoms with E-state index in [4.69, 9.17) is 9.84 Å². The van der Waals surface area contributed by atoms with Crippen LogP contribution in [0.4, 0.5) is 5.82 Å². The van der Waals surface area contributed by atoms with E-state index >= 15 is 0 Å². The fourth-order valence-corrected chi connectivity index (χ4v) is 3.36. The average Bonchev–Trinajstić information content (AvgIpc) is 3.36. The van der Waals surface area contributed by atoms with Gasteiger partial charge in [0.2, 0.25) is 5.88 Å². The second kappa shape index (κ2) is 6.23. The van der Waals surface area contributed by atoms with Crippen LogP contribution in [0.3, 0.4) is 0 Å². The zero-order chi connectivity index (χ0) is 17.4. The second-order valence-electron chi connectivity index (χ2n) is 6.28. The lowest BCUT2D eigenvalue weighted by atomic mass is 10.2. The van der Waals surface area contributed by atoms with E-state index < -0.39 is 0 Å². The zero-order valence-corrected chi connectivity index (χ0v) is 14.8. The van der Waals surface area contributed by atoms with Crippen LogP contribution in [-0.2, 0) is 7.05 Å². The topological polar surface area (TPSA) is 61.0 Å². The van der Waals surface area contributed by atoms with Crippen LogP contribution in [0.2, 0.25) is 0 Å². The number of hydrogen-bond acceptors (Lipinski definition) is 5. The first-order valence-corrected chi connectivity index (χ1v) is 8.51. The van der Waals surface area contributed by atoms with E-state index in [1.54, 1.807) is 13.3 Å². The minimum atomic E-state index is 0.578. The molecule has 1 saturated heterocycles. The molecule has 4 heterocycles. The van der Waals surface area contributed by atoms with Gasteiger partial charge in [-0.05, 0) is 25.8 Å². The summed E-state index contributed by atoms with van der Waals surface area (Å²) in [7, 11) is 3.61. The Morgan fingerprint density at radius 1 is 1.12 bits per heavy atom. The van der Waals surface area contributed by atoms with Crippen LogP contribution >= 0.6 is 0 Å². The Balaban J connectivity index is 1.85. The predicted octanol–water partition coefficient (Wildman–Crippen LogP) is 2.59. The maximum atomic E-state index is 5.26. The summed E-state index contributed by atoms with van der Waals surface area (Å²) in [5, 5.41) is 4.77. The Hall–Kier alpha value is -2.83. The minimum absolute atomic E-state index is 0.578. The molecule has 0 N–H and O–H groups in total. The van der Waals surface area contributed by atoms with Crippen LogP contribution in [0.15, 0.2) is 30.7 Å². The number of ether oxygens (including phenoxy) is 1. The Morgan fingerprint density at radius 2 is 1.92 bits per heavy atom. The van der Waals surface area contributed by atoms with Gasteiger partial charge in [-0.25, -0.2) is 9.97 Å². The van der Waals surface area contributed by atoms with Crippen molar-refractivity contribution in [2.75, 3.05) is 25.1 Å². The van der Waals surface area contributed by atoms with Crippen molar-refractivity contribution in [1.29, 1.82) is 0 Å². The molecule has 0 aromatic carbocycles. The zero-order valence-electron chi connectivity index (χ0n) is 14.8. The molecular weight excluding hydrogens is 316 g/mol. The molecule has 0 bridgehead atoms. The molecule has 1 aliphatic heterocycles. The molecule has 25 heavy (non-hydrogen) atoms. The largest absolute Gasteiger partial charge is 0.481 e. The van der Waals surface area contributed by atoms with Gasteiger partial charge in [-0.1, -0.05) is 0 Å². The molecule has 3 aromatic rings. The Kier molecular flexibility index (Phi) is 3.91. The number of rotatable bonds is 4. The normalized spacial score (nSPS) is 14.3. The van der Waals surface area contributed by atoms with Crippen LogP contribution in [0.1, 0.15) is 18.5 Å². The van der Waals surface area contributed by atoms with Crippen LogP contribution in [0.5, 0.6) is 5.88 Å². The molecule has 7 heteroatoms. The van der Waals surface area contributed by atoms with Gasteiger partial charge in [-0.3, -0.25) is 9.25 Å². The highest BCUT2D eigenvalue weighted by molar-refractivity contribution is 5.67. The van der Waals surface area contributed by atoms with E-state index in [0.717, 1.165) is 41.7 Å². The molecule has 1 fully saturated rings. The first-order valence-electron chi connectivity index (χ1n) is 8.51. The summed E-state index contributed by atoms with van der Waals surface area (Å²) in [6, 6.07) is 3.85. The summed E-state index contributed by atoms with van der Waals surface area (Å²) in [6.07, 6.45) is 7.99. The Morgan fingerprint density at radius 3 is 2.68 bits per heavy atom. The van der Waals surface area contributed by atoms with E-state index in [9.17, 15) is 0 Å². The Bertz CT molecular complexity index is 891. The van der Waals surface area contributed by atoms with Gasteiger partial charge in [0.15, 0.2) is 5.82 Å². The molecule has 3 aromatic heterocycles. The third-order valence-corrected chi connectivity index (χ3v) is 4.77. The first-order chi connectivity index (χ1) is 12.2. The summed E-state index contributed by atoms with van der Waals surface area (Å²) in [5.41, 5.74) is 3.17. The molecule has 0 spiro atoms. The number of hydrogen-bond donors (Lipinski definition) is 0. The quantitative estimate of drug-likeness (QED) is 0.732. The van der Waals surface area contributed by atoms with Crippen molar-refractivity contribution in [3.63, 3.8) is 0 Å². The maximum absolute atomic E-state index is 5.26. The van der Waals surface area contributed by atoms with Crippen LogP contribution in [-0.4, -0.2) is 44.5 Å².